The summed E-state index contributed by atoms with van der Waals surface area (Å²) in [5.41, 5.74) is 1.96. The summed E-state index contributed by atoms with van der Waals surface area (Å²) < 4.78 is 0. The summed E-state index contributed by atoms with van der Waals surface area (Å²) in [4.78, 5) is 16.1. The van der Waals surface area contributed by atoms with Crippen molar-refractivity contribution < 1.29 is 9.90 Å². The average Bonchev–Trinajstić information content (AvgIpc) is 2.56. The fourth-order valence-electron chi connectivity index (χ4n) is 2.78. The van der Waals surface area contributed by atoms with Gasteiger partial charge in [-0.3, -0.25) is 0 Å². The third-order valence-corrected chi connectivity index (χ3v) is 4.27. The molecule has 2 N–H and O–H groups in total. The lowest BCUT2D eigenvalue weighted by Crippen LogP contribution is -2.37. The highest BCUT2D eigenvalue weighted by molar-refractivity contribution is 5.89. The molecular weight excluding hydrogens is 290 g/mol. The van der Waals surface area contributed by atoms with Gasteiger partial charge in [-0.05, 0) is 43.0 Å². The van der Waals surface area contributed by atoms with Crippen LogP contribution in [0.25, 0.3) is 0 Å². The molecule has 0 aliphatic carbocycles. The minimum Gasteiger partial charge on any atom is -0.395 e. The Morgan fingerprint density at radius 3 is 2.61 bits per heavy atom. The Morgan fingerprint density at radius 1 is 1.39 bits per heavy atom. The minimum atomic E-state index is -0.224. The number of nitrogens with zero attached hydrogens (tertiary/aromatic N) is 2. The number of anilines is 2. The lowest BCUT2D eigenvalue weighted by atomic mass is 9.99. The van der Waals surface area contributed by atoms with Crippen LogP contribution in [-0.4, -0.2) is 48.8 Å². The fourth-order valence-corrected chi connectivity index (χ4v) is 2.78. The molecule has 1 fully saturated rings. The largest absolute Gasteiger partial charge is 0.395 e. The molecule has 0 bridgehead atoms. The van der Waals surface area contributed by atoms with Gasteiger partial charge in [0.25, 0.3) is 0 Å². The number of aliphatic hydroxyl groups is 1. The van der Waals surface area contributed by atoms with E-state index in [1.54, 1.807) is 6.08 Å². The van der Waals surface area contributed by atoms with Crippen LogP contribution in [0.2, 0.25) is 0 Å². The van der Waals surface area contributed by atoms with E-state index in [0.717, 1.165) is 24.7 Å². The van der Waals surface area contributed by atoms with Crippen molar-refractivity contribution in [3.8, 4) is 0 Å². The number of carbonyl (C=O) groups excluding carboxylic acids is 1. The van der Waals surface area contributed by atoms with Gasteiger partial charge < -0.3 is 20.2 Å². The molecule has 126 valence electrons. The van der Waals surface area contributed by atoms with Gasteiger partial charge in [0.05, 0.1) is 6.61 Å². The molecule has 23 heavy (non-hydrogen) atoms. The van der Waals surface area contributed by atoms with Crippen molar-refractivity contribution in [3.63, 3.8) is 0 Å². The van der Waals surface area contributed by atoms with Gasteiger partial charge in [-0.25, -0.2) is 4.79 Å². The highest BCUT2D eigenvalue weighted by Gasteiger charge is 2.16. The first-order valence-electron chi connectivity index (χ1n) is 8.26. The zero-order valence-electron chi connectivity index (χ0n) is 13.9. The molecule has 5 nitrogen and oxygen atoms in total. The molecule has 2 amide bonds. The molecule has 0 aromatic heterocycles. The first-order valence-corrected chi connectivity index (χ1v) is 8.26. The van der Waals surface area contributed by atoms with E-state index in [1.165, 1.54) is 23.4 Å². The number of urea groups is 1. The Morgan fingerprint density at radius 2 is 2.04 bits per heavy atom. The molecule has 1 aliphatic heterocycles. The monoisotopic (exact) mass is 317 g/mol. The van der Waals surface area contributed by atoms with E-state index in [4.69, 9.17) is 5.11 Å². The van der Waals surface area contributed by atoms with Crippen LogP contribution >= 0.6 is 0 Å². The second kappa shape index (κ2) is 8.58. The van der Waals surface area contributed by atoms with E-state index in [2.05, 4.69) is 35.9 Å². The van der Waals surface area contributed by atoms with Crippen molar-refractivity contribution in [1.29, 1.82) is 0 Å². The standard InChI is InChI=1S/C18H27N3O2/c1-3-10-21(13-14-22)18(23)19-16-4-6-17(7-5-16)20-11-8-15(2)9-12-20/h3-7,15,22H,1,8-14H2,2H3,(H,19,23). The van der Waals surface area contributed by atoms with Crippen LogP contribution in [0.1, 0.15) is 19.8 Å². The number of amides is 2. The van der Waals surface area contributed by atoms with Gasteiger partial charge in [0.2, 0.25) is 0 Å². The van der Waals surface area contributed by atoms with Crippen molar-refractivity contribution in [2.45, 2.75) is 19.8 Å². The molecule has 0 atom stereocenters. The molecule has 0 saturated carbocycles. The number of benzene rings is 1. The molecule has 1 aromatic carbocycles. The van der Waals surface area contributed by atoms with Crippen LogP contribution in [0.4, 0.5) is 16.2 Å². The minimum absolute atomic E-state index is 0.0619. The van der Waals surface area contributed by atoms with Crippen molar-refractivity contribution in [2.75, 3.05) is 43.0 Å². The summed E-state index contributed by atoms with van der Waals surface area (Å²) in [7, 11) is 0. The number of piperidine rings is 1. The van der Waals surface area contributed by atoms with Gasteiger partial charge in [-0.2, -0.15) is 0 Å². The molecular formula is C18H27N3O2. The highest BCUT2D eigenvalue weighted by Crippen LogP contribution is 2.24. The van der Waals surface area contributed by atoms with Crippen LogP contribution in [0.3, 0.4) is 0 Å². The molecule has 1 heterocycles. The number of aliphatic hydroxyl groups excluding tert-OH is 1. The smallest absolute Gasteiger partial charge is 0.322 e. The summed E-state index contributed by atoms with van der Waals surface area (Å²) in [6.07, 6.45) is 4.11. The molecule has 1 aliphatic rings. The SMILES string of the molecule is C=CCN(CCO)C(=O)Nc1ccc(N2CCC(C)CC2)cc1. The Bertz CT molecular complexity index is 508. The lowest BCUT2D eigenvalue weighted by Gasteiger charge is -2.32. The normalized spacial score (nSPS) is 15.3. The first kappa shape index (κ1) is 17.3. The topological polar surface area (TPSA) is 55.8 Å². The van der Waals surface area contributed by atoms with Crippen LogP contribution < -0.4 is 10.2 Å². The number of rotatable bonds is 6. The third kappa shape index (κ3) is 4.99. The summed E-state index contributed by atoms with van der Waals surface area (Å²) in [6, 6.07) is 7.73. The van der Waals surface area contributed by atoms with E-state index in [0.29, 0.717) is 13.1 Å². The van der Waals surface area contributed by atoms with Crippen LogP contribution in [-0.2, 0) is 0 Å². The zero-order chi connectivity index (χ0) is 16.7. The first-order chi connectivity index (χ1) is 11.1. The van der Waals surface area contributed by atoms with Crippen molar-refractivity contribution >= 4 is 17.4 Å². The molecule has 1 aromatic rings. The molecule has 0 radical (unpaired) electrons. The van der Waals surface area contributed by atoms with Gasteiger partial charge in [-0.15, -0.1) is 6.58 Å². The summed E-state index contributed by atoms with van der Waals surface area (Å²) >= 11 is 0. The van der Waals surface area contributed by atoms with E-state index in [-0.39, 0.29) is 12.6 Å². The van der Waals surface area contributed by atoms with Gasteiger partial charge in [0.1, 0.15) is 0 Å². The zero-order valence-corrected chi connectivity index (χ0v) is 13.9. The van der Waals surface area contributed by atoms with E-state index in [9.17, 15) is 4.79 Å². The second-order valence-electron chi connectivity index (χ2n) is 6.10. The Labute approximate surface area is 138 Å². The van der Waals surface area contributed by atoms with Gasteiger partial charge in [-0.1, -0.05) is 13.0 Å². The van der Waals surface area contributed by atoms with E-state index in [1.807, 2.05) is 12.1 Å². The molecule has 0 spiro atoms. The van der Waals surface area contributed by atoms with Gasteiger partial charge in [0, 0.05) is 37.6 Å². The lowest BCUT2D eigenvalue weighted by molar-refractivity contribution is 0.195. The van der Waals surface area contributed by atoms with E-state index >= 15 is 0 Å². The summed E-state index contributed by atoms with van der Waals surface area (Å²) in [5, 5.41) is 11.9. The van der Waals surface area contributed by atoms with Crippen LogP contribution in [0, 0.1) is 5.92 Å². The Kier molecular flexibility index (Phi) is 6.47. The predicted molar refractivity (Wildman–Crippen MR) is 94.9 cm³/mol. The number of nitrogens with one attached hydrogen (secondary N) is 1. The summed E-state index contributed by atoms with van der Waals surface area (Å²) in [5.74, 6) is 0.812. The fraction of sp³-hybridized carbons (Fsp3) is 0.500. The van der Waals surface area contributed by atoms with Crippen LogP contribution in [0.15, 0.2) is 36.9 Å². The Hall–Kier alpha value is -2.01. The predicted octanol–water partition coefficient (Wildman–Crippen LogP) is 2.94. The number of hydrogen-bond acceptors (Lipinski definition) is 3. The number of hydrogen-bond donors (Lipinski definition) is 2. The van der Waals surface area contributed by atoms with Crippen molar-refractivity contribution in [1.82, 2.24) is 4.90 Å². The van der Waals surface area contributed by atoms with Gasteiger partial charge in [0.15, 0.2) is 0 Å². The highest BCUT2D eigenvalue weighted by atomic mass is 16.3. The maximum atomic E-state index is 12.2. The molecule has 5 heteroatoms. The molecule has 1 saturated heterocycles. The maximum Gasteiger partial charge on any atom is 0.322 e. The van der Waals surface area contributed by atoms with Gasteiger partial charge >= 0.3 is 6.03 Å². The Balaban J connectivity index is 1.93. The number of carbonyl (C=O) groups is 1. The third-order valence-electron chi connectivity index (χ3n) is 4.27. The van der Waals surface area contributed by atoms with E-state index < -0.39 is 0 Å². The molecule has 2 rings (SSSR count). The summed E-state index contributed by atoms with van der Waals surface area (Å²) in [6.45, 7) is 8.77. The molecule has 0 unspecified atom stereocenters. The van der Waals surface area contributed by atoms with Crippen molar-refractivity contribution in [2.24, 2.45) is 5.92 Å². The average molecular weight is 317 g/mol. The second-order valence-corrected chi connectivity index (χ2v) is 6.10. The van der Waals surface area contributed by atoms with Crippen LogP contribution in [0.5, 0.6) is 0 Å². The quantitative estimate of drug-likeness (QED) is 0.793. The maximum absolute atomic E-state index is 12.2. The van der Waals surface area contributed by atoms with Crippen molar-refractivity contribution in [3.05, 3.63) is 36.9 Å².